The summed E-state index contributed by atoms with van der Waals surface area (Å²) in [5.41, 5.74) is 9.34. The molecule has 0 amide bonds. The second-order valence-corrected chi connectivity index (χ2v) is 6.80. The van der Waals surface area contributed by atoms with Gasteiger partial charge in [-0.1, -0.05) is 24.6 Å². The summed E-state index contributed by atoms with van der Waals surface area (Å²) in [5, 5.41) is 0.570. The largest absolute Gasteiger partial charge is 0.466 e. The van der Waals surface area contributed by atoms with Crippen molar-refractivity contribution >= 4 is 22.6 Å². The number of rotatable bonds is 8. The summed E-state index contributed by atoms with van der Waals surface area (Å²) in [6, 6.07) is 12.9. The highest BCUT2D eigenvalue weighted by molar-refractivity contribution is 5.82. The van der Waals surface area contributed by atoms with Crippen molar-refractivity contribution in [2.75, 3.05) is 12.3 Å². The van der Waals surface area contributed by atoms with E-state index in [2.05, 4.69) is 0 Å². The molecule has 0 saturated carbocycles. The van der Waals surface area contributed by atoms with Crippen molar-refractivity contribution in [3.8, 4) is 11.1 Å². The SMILES string of the molecule is CCOC(=O)CCCCCc1ccc2c(=O)c(-c3ccc(N)cc3)coc2c1. The lowest BCUT2D eigenvalue weighted by molar-refractivity contribution is -0.143. The molecule has 146 valence electrons. The lowest BCUT2D eigenvalue weighted by atomic mass is 10.0. The van der Waals surface area contributed by atoms with Crippen LogP contribution < -0.4 is 11.2 Å². The van der Waals surface area contributed by atoms with E-state index in [1.54, 1.807) is 12.1 Å². The Morgan fingerprint density at radius 1 is 1.07 bits per heavy atom. The number of benzene rings is 2. The van der Waals surface area contributed by atoms with E-state index in [9.17, 15) is 9.59 Å². The molecule has 0 aliphatic rings. The van der Waals surface area contributed by atoms with Gasteiger partial charge in [-0.15, -0.1) is 0 Å². The minimum atomic E-state index is -0.133. The fourth-order valence-corrected chi connectivity index (χ4v) is 3.20. The first-order chi connectivity index (χ1) is 13.6. The molecule has 1 heterocycles. The van der Waals surface area contributed by atoms with Gasteiger partial charge in [0.2, 0.25) is 0 Å². The zero-order chi connectivity index (χ0) is 19.9. The van der Waals surface area contributed by atoms with Gasteiger partial charge in [0.25, 0.3) is 0 Å². The summed E-state index contributed by atoms with van der Waals surface area (Å²) in [7, 11) is 0. The lowest BCUT2D eigenvalue weighted by Gasteiger charge is -2.06. The molecular formula is C23H25NO4. The maximum Gasteiger partial charge on any atom is 0.305 e. The topological polar surface area (TPSA) is 82.5 Å². The van der Waals surface area contributed by atoms with Crippen LogP contribution in [0.25, 0.3) is 22.1 Å². The molecule has 0 fully saturated rings. The molecule has 5 nitrogen and oxygen atoms in total. The minimum absolute atomic E-state index is 0.0491. The van der Waals surface area contributed by atoms with Crippen LogP contribution in [-0.2, 0) is 16.0 Å². The molecule has 2 aromatic carbocycles. The van der Waals surface area contributed by atoms with Gasteiger partial charge in [0.15, 0.2) is 5.43 Å². The third kappa shape index (κ3) is 4.80. The molecule has 3 rings (SSSR count). The number of anilines is 1. The van der Waals surface area contributed by atoms with Crippen molar-refractivity contribution in [3.05, 3.63) is 64.5 Å². The highest BCUT2D eigenvalue weighted by Crippen LogP contribution is 2.22. The zero-order valence-electron chi connectivity index (χ0n) is 16.1. The predicted octanol–water partition coefficient (Wildman–Crippen LogP) is 4.71. The normalized spacial score (nSPS) is 10.9. The van der Waals surface area contributed by atoms with E-state index in [-0.39, 0.29) is 11.4 Å². The molecule has 0 atom stereocenters. The van der Waals surface area contributed by atoms with Crippen LogP contribution in [0.2, 0.25) is 0 Å². The third-order valence-corrected chi connectivity index (χ3v) is 4.71. The van der Waals surface area contributed by atoms with Crippen molar-refractivity contribution in [1.29, 1.82) is 0 Å². The number of hydrogen-bond donors (Lipinski definition) is 1. The number of fused-ring (bicyclic) bond motifs is 1. The molecule has 28 heavy (non-hydrogen) atoms. The van der Waals surface area contributed by atoms with Gasteiger partial charge in [-0.3, -0.25) is 9.59 Å². The molecule has 0 bridgehead atoms. The average molecular weight is 379 g/mol. The molecule has 2 N–H and O–H groups in total. The van der Waals surface area contributed by atoms with E-state index in [1.807, 2.05) is 37.3 Å². The van der Waals surface area contributed by atoms with Crippen LogP contribution in [0.4, 0.5) is 5.69 Å². The Kier molecular flexibility index (Phi) is 6.48. The Hall–Kier alpha value is -3.08. The monoisotopic (exact) mass is 379 g/mol. The van der Waals surface area contributed by atoms with E-state index < -0.39 is 0 Å². The number of ether oxygens (including phenoxy) is 1. The third-order valence-electron chi connectivity index (χ3n) is 4.71. The van der Waals surface area contributed by atoms with Crippen LogP contribution in [0.1, 0.15) is 38.2 Å². The summed E-state index contributed by atoms with van der Waals surface area (Å²) >= 11 is 0. The lowest BCUT2D eigenvalue weighted by Crippen LogP contribution is -2.05. The second kappa shape index (κ2) is 9.22. The van der Waals surface area contributed by atoms with Gasteiger partial charge in [0.1, 0.15) is 11.8 Å². The van der Waals surface area contributed by atoms with Crippen molar-refractivity contribution in [3.63, 3.8) is 0 Å². The fourth-order valence-electron chi connectivity index (χ4n) is 3.20. The maximum absolute atomic E-state index is 12.8. The number of nitrogens with two attached hydrogens (primary N) is 1. The van der Waals surface area contributed by atoms with E-state index in [0.717, 1.165) is 36.8 Å². The van der Waals surface area contributed by atoms with Gasteiger partial charge in [-0.25, -0.2) is 0 Å². The van der Waals surface area contributed by atoms with Gasteiger partial charge in [0, 0.05) is 12.1 Å². The molecule has 1 aromatic heterocycles. The zero-order valence-corrected chi connectivity index (χ0v) is 16.1. The molecule has 5 heteroatoms. The number of hydrogen-bond acceptors (Lipinski definition) is 5. The molecular weight excluding hydrogens is 354 g/mol. The number of unbranched alkanes of at least 4 members (excludes halogenated alkanes) is 2. The van der Waals surface area contributed by atoms with Crippen molar-refractivity contribution < 1.29 is 13.9 Å². The summed E-state index contributed by atoms with van der Waals surface area (Å²) < 4.78 is 10.7. The minimum Gasteiger partial charge on any atom is -0.466 e. The van der Waals surface area contributed by atoms with Gasteiger partial charge < -0.3 is 14.9 Å². The van der Waals surface area contributed by atoms with E-state index >= 15 is 0 Å². The van der Waals surface area contributed by atoms with Gasteiger partial charge in [0.05, 0.1) is 17.6 Å². The fraction of sp³-hybridized carbons (Fsp3) is 0.304. The molecule has 0 radical (unpaired) electrons. The number of esters is 1. The van der Waals surface area contributed by atoms with Crippen LogP contribution in [0.15, 0.2) is 57.9 Å². The second-order valence-electron chi connectivity index (χ2n) is 6.80. The highest BCUT2D eigenvalue weighted by atomic mass is 16.5. The number of carbonyl (C=O) groups is 1. The van der Waals surface area contributed by atoms with Crippen molar-refractivity contribution in [2.24, 2.45) is 0 Å². The first-order valence-corrected chi connectivity index (χ1v) is 9.64. The van der Waals surface area contributed by atoms with Gasteiger partial charge >= 0.3 is 5.97 Å². The van der Waals surface area contributed by atoms with Crippen molar-refractivity contribution in [2.45, 2.75) is 39.0 Å². The summed E-state index contributed by atoms with van der Waals surface area (Å²) in [4.78, 5) is 24.1. The van der Waals surface area contributed by atoms with Gasteiger partial charge in [-0.2, -0.15) is 0 Å². The summed E-state index contributed by atoms with van der Waals surface area (Å²) in [6.07, 6.45) is 5.61. The predicted molar refractivity (Wildman–Crippen MR) is 111 cm³/mol. The van der Waals surface area contributed by atoms with Gasteiger partial charge in [-0.05, 0) is 61.6 Å². The van der Waals surface area contributed by atoms with E-state index in [1.165, 1.54) is 6.26 Å². The standard InChI is InChI=1S/C23H25NO4/c1-2-27-22(25)7-5-3-4-6-16-8-13-19-21(14-16)28-15-20(23(19)26)17-9-11-18(24)12-10-17/h8-15H,2-7,24H2,1H3. The first-order valence-electron chi connectivity index (χ1n) is 9.64. The number of nitrogen functional groups attached to an aromatic ring is 1. The number of aryl methyl sites for hydroxylation is 1. The Morgan fingerprint density at radius 2 is 1.86 bits per heavy atom. The maximum atomic E-state index is 12.8. The molecule has 0 aliphatic carbocycles. The molecule has 0 aliphatic heterocycles. The molecule has 0 unspecified atom stereocenters. The average Bonchev–Trinajstić information content (AvgIpc) is 2.69. The molecule has 3 aromatic rings. The summed E-state index contributed by atoms with van der Waals surface area (Å²) in [6.45, 7) is 2.25. The Bertz CT molecular complexity index is 1010. The van der Waals surface area contributed by atoms with Crippen LogP contribution >= 0.6 is 0 Å². The molecule has 0 spiro atoms. The smallest absolute Gasteiger partial charge is 0.305 e. The van der Waals surface area contributed by atoms with E-state index in [0.29, 0.717) is 35.2 Å². The first kappa shape index (κ1) is 19.7. The Labute approximate surface area is 164 Å². The Balaban J connectivity index is 1.66. The van der Waals surface area contributed by atoms with Crippen LogP contribution in [0.5, 0.6) is 0 Å². The van der Waals surface area contributed by atoms with E-state index in [4.69, 9.17) is 14.9 Å². The van der Waals surface area contributed by atoms with Crippen LogP contribution in [0.3, 0.4) is 0 Å². The van der Waals surface area contributed by atoms with Crippen LogP contribution in [-0.4, -0.2) is 12.6 Å². The Morgan fingerprint density at radius 3 is 2.61 bits per heavy atom. The summed E-state index contributed by atoms with van der Waals surface area (Å²) in [5.74, 6) is -0.133. The molecule has 0 saturated heterocycles. The highest BCUT2D eigenvalue weighted by Gasteiger charge is 2.10. The quantitative estimate of drug-likeness (QED) is 0.348. The van der Waals surface area contributed by atoms with Crippen molar-refractivity contribution in [1.82, 2.24) is 0 Å². The number of carbonyl (C=O) groups excluding carboxylic acids is 1. The van der Waals surface area contributed by atoms with Crippen LogP contribution in [0, 0.1) is 0 Å².